The van der Waals surface area contributed by atoms with Crippen molar-refractivity contribution in [2.45, 2.75) is 38.8 Å². The molecule has 122 valence electrons. The molecule has 0 unspecified atom stereocenters. The molecule has 3 rings (SSSR count). The van der Waals surface area contributed by atoms with Gasteiger partial charge in [0.05, 0.1) is 17.8 Å². The number of rotatable bonds is 4. The highest BCUT2D eigenvalue weighted by Crippen LogP contribution is 2.34. The van der Waals surface area contributed by atoms with Gasteiger partial charge in [0, 0.05) is 18.1 Å². The second kappa shape index (κ2) is 7.00. The Hall–Kier alpha value is -2.08. The Morgan fingerprint density at radius 3 is 3.00 bits per heavy atom. The Balaban J connectivity index is 1.74. The predicted molar refractivity (Wildman–Crippen MR) is 92.0 cm³/mol. The second-order valence-corrected chi connectivity index (χ2v) is 6.74. The van der Waals surface area contributed by atoms with E-state index in [0.29, 0.717) is 11.4 Å². The van der Waals surface area contributed by atoms with Crippen LogP contribution in [-0.2, 0) is 0 Å². The Morgan fingerprint density at radius 2 is 2.26 bits per heavy atom. The minimum Gasteiger partial charge on any atom is -0.489 e. The van der Waals surface area contributed by atoms with Crippen LogP contribution in [0.5, 0.6) is 5.75 Å². The van der Waals surface area contributed by atoms with Crippen molar-refractivity contribution in [1.29, 1.82) is 0 Å². The summed E-state index contributed by atoms with van der Waals surface area (Å²) in [5, 5.41) is 5.95. The van der Waals surface area contributed by atoms with Gasteiger partial charge in [-0.25, -0.2) is 9.78 Å². The van der Waals surface area contributed by atoms with E-state index < -0.39 is 0 Å². The van der Waals surface area contributed by atoms with Crippen LogP contribution in [0.25, 0.3) is 0 Å². The number of aromatic nitrogens is 1. The summed E-state index contributed by atoms with van der Waals surface area (Å²) in [5.74, 6) is 0.695. The van der Waals surface area contributed by atoms with Crippen molar-refractivity contribution in [3.63, 3.8) is 0 Å². The first-order valence-electron chi connectivity index (χ1n) is 7.88. The summed E-state index contributed by atoms with van der Waals surface area (Å²) in [7, 11) is 0. The zero-order valence-corrected chi connectivity index (χ0v) is 14.2. The first-order valence-corrected chi connectivity index (χ1v) is 8.76. The van der Waals surface area contributed by atoms with Gasteiger partial charge in [-0.2, -0.15) is 0 Å². The summed E-state index contributed by atoms with van der Waals surface area (Å²) in [6, 6.07) is 7.52. The van der Waals surface area contributed by atoms with Gasteiger partial charge in [0.1, 0.15) is 10.8 Å². The molecule has 1 aromatic heterocycles. The van der Waals surface area contributed by atoms with E-state index in [1.165, 1.54) is 0 Å². The molecule has 2 aromatic rings. The molecule has 1 aromatic carbocycles. The first kappa shape index (κ1) is 15.8. The molecule has 1 aliphatic rings. The lowest BCUT2D eigenvalue weighted by molar-refractivity contribution is 0.206. The number of nitrogens with zero attached hydrogens (tertiary/aromatic N) is 2. The fraction of sp³-hybridized carbons (Fsp3) is 0.412. The zero-order chi connectivity index (χ0) is 16.2. The number of carbonyl (C=O) groups excluding carboxylic acids is 1. The average Bonchev–Trinajstić information content (AvgIpc) is 3.19. The van der Waals surface area contributed by atoms with Crippen LogP contribution in [0.3, 0.4) is 0 Å². The van der Waals surface area contributed by atoms with E-state index in [1.807, 2.05) is 48.4 Å². The van der Waals surface area contributed by atoms with Crippen molar-refractivity contribution in [2.75, 3.05) is 11.9 Å². The lowest BCUT2D eigenvalue weighted by Gasteiger charge is -2.24. The van der Waals surface area contributed by atoms with Crippen LogP contribution in [-0.4, -0.2) is 28.6 Å². The molecule has 0 spiro atoms. The maximum Gasteiger partial charge on any atom is 0.322 e. The molecule has 1 fully saturated rings. The van der Waals surface area contributed by atoms with Crippen molar-refractivity contribution in [2.24, 2.45) is 0 Å². The molecule has 2 amide bonds. The van der Waals surface area contributed by atoms with Crippen LogP contribution in [0.4, 0.5) is 10.5 Å². The fourth-order valence-corrected chi connectivity index (χ4v) is 3.56. The van der Waals surface area contributed by atoms with Crippen LogP contribution in [0, 0.1) is 0 Å². The van der Waals surface area contributed by atoms with Gasteiger partial charge < -0.3 is 15.0 Å². The van der Waals surface area contributed by atoms with E-state index in [1.54, 1.807) is 17.5 Å². The summed E-state index contributed by atoms with van der Waals surface area (Å²) in [5.41, 5.74) is 0.705. The van der Waals surface area contributed by atoms with Crippen LogP contribution < -0.4 is 10.1 Å². The summed E-state index contributed by atoms with van der Waals surface area (Å²) in [6.07, 6.45) is 3.82. The molecule has 23 heavy (non-hydrogen) atoms. The number of benzene rings is 1. The third-order valence-corrected chi connectivity index (χ3v) is 4.62. The quantitative estimate of drug-likeness (QED) is 0.909. The van der Waals surface area contributed by atoms with Crippen molar-refractivity contribution >= 4 is 23.1 Å². The van der Waals surface area contributed by atoms with Crippen LogP contribution in [0.2, 0.25) is 0 Å². The zero-order valence-electron chi connectivity index (χ0n) is 13.4. The van der Waals surface area contributed by atoms with E-state index in [2.05, 4.69) is 10.3 Å². The smallest absolute Gasteiger partial charge is 0.322 e. The number of carbonyl (C=O) groups is 1. The lowest BCUT2D eigenvalue weighted by atomic mass is 10.2. The summed E-state index contributed by atoms with van der Waals surface area (Å²) < 4.78 is 5.76. The molecule has 1 aliphatic heterocycles. The molecule has 1 atom stereocenters. The molecule has 5 nitrogen and oxygen atoms in total. The van der Waals surface area contributed by atoms with Gasteiger partial charge in [-0.3, -0.25) is 0 Å². The van der Waals surface area contributed by atoms with Gasteiger partial charge in [0.25, 0.3) is 0 Å². The maximum absolute atomic E-state index is 12.7. The maximum atomic E-state index is 12.7. The molecular formula is C17H21N3O2S. The summed E-state index contributed by atoms with van der Waals surface area (Å²) >= 11 is 1.60. The summed E-state index contributed by atoms with van der Waals surface area (Å²) in [6.45, 7) is 4.69. The van der Waals surface area contributed by atoms with Crippen molar-refractivity contribution in [1.82, 2.24) is 9.88 Å². The second-order valence-electron chi connectivity index (χ2n) is 5.81. The molecule has 0 bridgehead atoms. The lowest BCUT2D eigenvalue weighted by Crippen LogP contribution is -2.34. The highest BCUT2D eigenvalue weighted by molar-refractivity contribution is 7.09. The van der Waals surface area contributed by atoms with E-state index in [9.17, 15) is 4.79 Å². The van der Waals surface area contributed by atoms with Gasteiger partial charge in [-0.1, -0.05) is 12.1 Å². The standard InChI is InChI=1S/C17H21N3O2S/c1-12(2)22-15-8-4-3-6-13(15)19-17(21)20-10-5-7-14(20)16-18-9-11-23-16/h3-4,6,8-9,11-12,14H,5,7,10H2,1-2H3,(H,19,21)/t14-/m1/s1. The number of anilines is 1. The molecule has 2 heterocycles. The first-order chi connectivity index (χ1) is 11.1. The number of thiazole rings is 1. The number of amides is 2. The van der Waals surface area contributed by atoms with Gasteiger partial charge in [-0.05, 0) is 38.8 Å². The molecule has 0 radical (unpaired) electrons. The van der Waals surface area contributed by atoms with Gasteiger partial charge >= 0.3 is 6.03 Å². The molecule has 1 N–H and O–H groups in total. The number of ether oxygens (including phenoxy) is 1. The third kappa shape index (κ3) is 3.64. The number of para-hydroxylation sites is 2. The molecule has 0 aliphatic carbocycles. The Labute approximate surface area is 140 Å². The van der Waals surface area contributed by atoms with Gasteiger partial charge in [0.2, 0.25) is 0 Å². The van der Waals surface area contributed by atoms with E-state index in [0.717, 1.165) is 24.4 Å². The van der Waals surface area contributed by atoms with Crippen LogP contribution in [0.1, 0.15) is 37.7 Å². The largest absolute Gasteiger partial charge is 0.489 e. The monoisotopic (exact) mass is 331 g/mol. The summed E-state index contributed by atoms with van der Waals surface area (Å²) in [4.78, 5) is 18.9. The number of likely N-dealkylation sites (tertiary alicyclic amines) is 1. The van der Waals surface area contributed by atoms with Crippen LogP contribution in [0.15, 0.2) is 35.8 Å². The highest BCUT2D eigenvalue weighted by atomic mass is 32.1. The van der Waals surface area contributed by atoms with E-state index in [-0.39, 0.29) is 18.2 Å². The molecule has 6 heteroatoms. The van der Waals surface area contributed by atoms with Crippen molar-refractivity contribution in [3.05, 3.63) is 40.8 Å². The predicted octanol–water partition coefficient (Wildman–Crippen LogP) is 4.30. The molecule has 0 saturated carbocycles. The SMILES string of the molecule is CC(C)Oc1ccccc1NC(=O)N1CCC[C@@H]1c1nccs1. The van der Waals surface area contributed by atoms with Gasteiger partial charge in [-0.15, -0.1) is 11.3 Å². The number of hydrogen-bond acceptors (Lipinski definition) is 4. The molecule has 1 saturated heterocycles. The molecular weight excluding hydrogens is 310 g/mol. The normalized spacial score (nSPS) is 17.5. The Morgan fingerprint density at radius 1 is 1.43 bits per heavy atom. The van der Waals surface area contributed by atoms with Crippen molar-refractivity contribution in [3.8, 4) is 5.75 Å². The minimum atomic E-state index is -0.0949. The average molecular weight is 331 g/mol. The van der Waals surface area contributed by atoms with Crippen molar-refractivity contribution < 1.29 is 9.53 Å². The fourth-order valence-electron chi connectivity index (χ4n) is 2.78. The number of hydrogen-bond donors (Lipinski definition) is 1. The van der Waals surface area contributed by atoms with E-state index in [4.69, 9.17) is 4.74 Å². The van der Waals surface area contributed by atoms with Gasteiger partial charge in [0.15, 0.2) is 0 Å². The Bertz CT molecular complexity index is 658. The van der Waals surface area contributed by atoms with E-state index >= 15 is 0 Å². The van der Waals surface area contributed by atoms with Crippen LogP contribution >= 0.6 is 11.3 Å². The number of urea groups is 1. The highest BCUT2D eigenvalue weighted by Gasteiger charge is 2.31. The Kier molecular flexibility index (Phi) is 4.81. The topological polar surface area (TPSA) is 54.5 Å². The third-order valence-electron chi connectivity index (χ3n) is 3.74. The number of nitrogens with one attached hydrogen (secondary N) is 1. The minimum absolute atomic E-state index is 0.0582.